The molecule has 48 heavy (non-hydrogen) atoms. The molecular weight excluding hydrogens is 583 g/mol. The van der Waals surface area contributed by atoms with Crippen LogP contribution >= 0.6 is 0 Å². The minimum Gasteiger partial charge on any atom is -0.208 e. The van der Waals surface area contributed by atoms with Crippen LogP contribution in [-0.2, 0) is 0 Å². The third-order valence-corrected chi connectivity index (χ3v) is 8.56. The van der Waals surface area contributed by atoms with Crippen LogP contribution in [0, 0.1) is 0 Å². The molecule has 1 aromatic heterocycles. The molecule has 1 heterocycles. The molecule has 8 rings (SSSR count). The summed E-state index contributed by atoms with van der Waals surface area (Å²) in [5, 5.41) is 0. The number of hydrogen-bond acceptors (Lipinski definition) is 3. The van der Waals surface area contributed by atoms with E-state index in [1.54, 1.807) is 0 Å². The van der Waals surface area contributed by atoms with Crippen molar-refractivity contribution in [1.29, 1.82) is 0 Å². The average molecular weight is 614 g/mol. The Morgan fingerprint density at radius 2 is 0.625 bits per heavy atom. The lowest BCUT2D eigenvalue weighted by molar-refractivity contribution is 1.07. The average Bonchev–Trinajstić information content (AvgIpc) is 3.19. The minimum absolute atomic E-state index is 0.630. The van der Waals surface area contributed by atoms with Gasteiger partial charge in [-0.05, 0) is 56.6 Å². The fourth-order valence-corrected chi connectivity index (χ4v) is 6.17. The smallest absolute Gasteiger partial charge is 0.164 e. The van der Waals surface area contributed by atoms with E-state index < -0.39 is 0 Å². The maximum atomic E-state index is 5.17. The van der Waals surface area contributed by atoms with E-state index >= 15 is 0 Å². The van der Waals surface area contributed by atoms with Crippen molar-refractivity contribution in [1.82, 2.24) is 15.0 Å². The van der Waals surface area contributed by atoms with Gasteiger partial charge in [-0.1, -0.05) is 176 Å². The van der Waals surface area contributed by atoms with Gasteiger partial charge in [-0.15, -0.1) is 0 Å². The zero-order valence-electron chi connectivity index (χ0n) is 26.2. The Kier molecular flexibility index (Phi) is 7.92. The number of rotatable bonds is 7. The van der Waals surface area contributed by atoms with Crippen LogP contribution in [0.25, 0.3) is 78.7 Å². The second-order valence-electron chi connectivity index (χ2n) is 11.7. The van der Waals surface area contributed by atoms with E-state index in [0.29, 0.717) is 17.5 Å². The van der Waals surface area contributed by atoms with Crippen molar-refractivity contribution in [3.8, 4) is 78.7 Å². The van der Waals surface area contributed by atoms with Crippen molar-refractivity contribution >= 4 is 0 Å². The van der Waals surface area contributed by atoms with E-state index in [2.05, 4.69) is 152 Å². The highest BCUT2D eigenvalue weighted by Gasteiger charge is 2.18. The fourth-order valence-electron chi connectivity index (χ4n) is 6.17. The van der Waals surface area contributed by atoms with Crippen molar-refractivity contribution in [3.05, 3.63) is 188 Å². The van der Waals surface area contributed by atoms with Crippen LogP contribution in [-0.4, -0.2) is 15.0 Å². The van der Waals surface area contributed by atoms with Crippen molar-refractivity contribution in [3.63, 3.8) is 0 Å². The Labute approximate surface area is 280 Å². The maximum absolute atomic E-state index is 5.17. The Balaban J connectivity index is 1.32. The van der Waals surface area contributed by atoms with Crippen LogP contribution in [0.5, 0.6) is 0 Å². The molecule has 0 bridgehead atoms. The molecule has 0 amide bonds. The van der Waals surface area contributed by atoms with Gasteiger partial charge in [0.2, 0.25) is 0 Å². The highest BCUT2D eigenvalue weighted by atomic mass is 15.0. The highest BCUT2D eigenvalue weighted by molar-refractivity contribution is 5.92. The molecule has 7 aromatic carbocycles. The number of benzene rings is 7. The molecule has 0 spiro atoms. The summed E-state index contributed by atoms with van der Waals surface area (Å²) in [6.45, 7) is 0. The Bertz CT molecular complexity index is 2320. The SMILES string of the molecule is c1ccc(-c2cccc(-c3nc(-c4ccccc4)nc(-c4ccccc4-c4ccc(-c5ccccc5)cc4-c4ccccc4)n3)c2)cc1. The summed E-state index contributed by atoms with van der Waals surface area (Å²) < 4.78 is 0. The normalized spacial score (nSPS) is 10.9. The summed E-state index contributed by atoms with van der Waals surface area (Å²) in [7, 11) is 0. The summed E-state index contributed by atoms with van der Waals surface area (Å²) in [4.78, 5) is 15.3. The highest BCUT2D eigenvalue weighted by Crippen LogP contribution is 2.40. The molecule has 0 radical (unpaired) electrons. The Morgan fingerprint density at radius 1 is 0.208 bits per heavy atom. The van der Waals surface area contributed by atoms with E-state index in [0.717, 1.165) is 50.1 Å². The molecule has 226 valence electrons. The molecule has 0 atom stereocenters. The van der Waals surface area contributed by atoms with Crippen molar-refractivity contribution in [2.75, 3.05) is 0 Å². The van der Waals surface area contributed by atoms with E-state index in [4.69, 9.17) is 15.0 Å². The molecule has 8 aromatic rings. The lowest BCUT2D eigenvalue weighted by Gasteiger charge is -2.16. The van der Waals surface area contributed by atoms with E-state index in [-0.39, 0.29) is 0 Å². The third-order valence-electron chi connectivity index (χ3n) is 8.56. The molecule has 0 unspecified atom stereocenters. The van der Waals surface area contributed by atoms with Crippen LogP contribution in [0.3, 0.4) is 0 Å². The largest absolute Gasteiger partial charge is 0.208 e. The molecule has 0 fully saturated rings. The van der Waals surface area contributed by atoms with Crippen molar-refractivity contribution < 1.29 is 0 Å². The summed E-state index contributed by atoms with van der Waals surface area (Å²) in [5.41, 5.74) is 11.9. The Morgan fingerprint density at radius 3 is 1.25 bits per heavy atom. The van der Waals surface area contributed by atoms with E-state index in [1.165, 1.54) is 11.1 Å². The predicted octanol–water partition coefficient (Wildman–Crippen LogP) is 11.5. The second-order valence-corrected chi connectivity index (χ2v) is 11.7. The van der Waals surface area contributed by atoms with Crippen LogP contribution < -0.4 is 0 Å². The first-order valence-corrected chi connectivity index (χ1v) is 16.1. The first-order valence-electron chi connectivity index (χ1n) is 16.1. The molecule has 0 aliphatic rings. The maximum Gasteiger partial charge on any atom is 0.164 e. The van der Waals surface area contributed by atoms with Gasteiger partial charge < -0.3 is 0 Å². The molecule has 0 saturated heterocycles. The van der Waals surface area contributed by atoms with Gasteiger partial charge in [-0.2, -0.15) is 0 Å². The van der Waals surface area contributed by atoms with Crippen molar-refractivity contribution in [2.45, 2.75) is 0 Å². The zero-order valence-corrected chi connectivity index (χ0v) is 26.2. The van der Waals surface area contributed by atoms with E-state index in [9.17, 15) is 0 Å². The van der Waals surface area contributed by atoms with Gasteiger partial charge in [-0.25, -0.2) is 15.0 Å². The molecule has 3 nitrogen and oxygen atoms in total. The van der Waals surface area contributed by atoms with Gasteiger partial charge in [0, 0.05) is 16.7 Å². The summed E-state index contributed by atoms with van der Waals surface area (Å²) in [6.07, 6.45) is 0. The molecule has 0 N–H and O–H groups in total. The number of nitrogens with zero attached hydrogens (tertiary/aromatic N) is 3. The van der Waals surface area contributed by atoms with Crippen LogP contribution in [0.4, 0.5) is 0 Å². The van der Waals surface area contributed by atoms with Gasteiger partial charge in [0.05, 0.1) is 0 Å². The minimum atomic E-state index is 0.630. The van der Waals surface area contributed by atoms with Gasteiger partial charge in [0.1, 0.15) is 0 Å². The van der Waals surface area contributed by atoms with Gasteiger partial charge in [0.15, 0.2) is 17.5 Å². The lowest BCUT2D eigenvalue weighted by atomic mass is 9.89. The fraction of sp³-hybridized carbons (Fsp3) is 0. The topological polar surface area (TPSA) is 38.7 Å². The van der Waals surface area contributed by atoms with Crippen molar-refractivity contribution in [2.24, 2.45) is 0 Å². The molecule has 3 heteroatoms. The first kappa shape index (κ1) is 29.0. The van der Waals surface area contributed by atoms with E-state index in [1.807, 2.05) is 36.4 Å². The molecular formula is C45H31N3. The quantitative estimate of drug-likeness (QED) is 0.179. The van der Waals surface area contributed by atoms with Crippen LogP contribution in [0.15, 0.2) is 188 Å². The van der Waals surface area contributed by atoms with Gasteiger partial charge in [-0.3, -0.25) is 0 Å². The third kappa shape index (κ3) is 5.93. The zero-order chi connectivity index (χ0) is 32.1. The number of hydrogen-bond donors (Lipinski definition) is 0. The standard InChI is InChI=1S/C45H31N3/c1-5-16-32(17-6-1)36-24-15-25-38(30-36)44-46-43(35-22-11-4-12-23-35)47-45(48-44)41-27-14-13-26-39(41)40-29-28-37(33-18-7-2-8-19-33)31-42(40)34-20-9-3-10-21-34/h1-31H. The predicted molar refractivity (Wildman–Crippen MR) is 198 cm³/mol. The number of aromatic nitrogens is 3. The second kappa shape index (κ2) is 13.1. The van der Waals surface area contributed by atoms with Gasteiger partial charge in [0.25, 0.3) is 0 Å². The lowest BCUT2D eigenvalue weighted by Crippen LogP contribution is -2.01. The van der Waals surface area contributed by atoms with Gasteiger partial charge >= 0.3 is 0 Å². The summed E-state index contributed by atoms with van der Waals surface area (Å²) in [6, 6.07) is 65.2. The monoisotopic (exact) mass is 613 g/mol. The summed E-state index contributed by atoms with van der Waals surface area (Å²) in [5.74, 6) is 1.90. The van der Waals surface area contributed by atoms with Crippen LogP contribution in [0.2, 0.25) is 0 Å². The molecule has 0 aliphatic heterocycles. The first-order chi connectivity index (χ1) is 23.8. The molecule has 0 aliphatic carbocycles. The molecule has 0 saturated carbocycles. The Hall–Kier alpha value is -6.45. The summed E-state index contributed by atoms with van der Waals surface area (Å²) >= 11 is 0. The van der Waals surface area contributed by atoms with Crippen LogP contribution in [0.1, 0.15) is 0 Å².